The zero-order valence-electron chi connectivity index (χ0n) is 18.6. The highest BCUT2D eigenvalue weighted by Gasteiger charge is 2.28. The molecule has 1 aliphatic heterocycles. The van der Waals surface area contributed by atoms with Crippen LogP contribution in [0.4, 0.5) is 15.9 Å². The Morgan fingerprint density at radius 2 is 1.74 bits per heavy atom. The van der Waals surface area contributed by atoms with Crippen molar-refractivity contribution in [3.8, 4) is 11.3 Å². The number of halogens is 1. The first-order valence-electron chi connectivity index (χ1n) is 10.7. The van der Waals surface area contributed by atoms with Gasteiger partial charge in [0.15, 0.2) is 0 Å². The molecule has 2 heterocycles. The van der Waals surface area contributed by atoms with E-state index in [1.807, 2.05) is 17.0 Å². The summed E-state index contributed by atoms with van der Waals surface area (Å²) >= 11 is 0. The molecule has 0 unspecified atom stereocenters. The zero-order chi connectivity index (χ0) is 22.2. The fourth-order valence-electron chi connectivity index (χ4n) is 3.82. The molecule has 5 nitrogen and oxygen atoms in total. The van der Waals surface area contributed by atoms with Crippen molar-refractivity contribution in [2.24, 2.45) is 5.41 Å². The minimum absolute atomic E-state index is 0.0542. The third kappa shape index (κ3) is 4.79. The van der Waals surface area contributed by atoms with E-state index in [1.54, 1.807) is 12.1 Å². The molecule has 1 amide bonds. The molecule has 1 aliphatic rings. The van der Waals surface area contributed by atoms with Crippen LogP contribution in [-0.2, 0) is 17.9 Å². The van der Waals surface area contributed by atoms with Crippen LogP contribution in [0.3, 0.4) is 0 Å². The Hall–Kier alpha value is -3.15. The van der Waals surface area contributed by atoms with Gasteiger partial charge in [-0.1, -0.05) is 38.5 Å². The summed E-state index contributed by atoms with van der Waals surface area (Å²) in [5.74, 6) is 1.58. The highest BCUT2D eigenvalue weighted by molar-refractivity contribution is 5.79. The number of aromatic nitrogens is 2. The smallest absolute Gasteiger partial charge is 0.223 e. The van der Waals surface area contributed by atoms with Gasteiger partial charge in [-0.3, -0.25) is 4.79 Å². The number of nitrogens with one attached hydrogen (secondary N) is 1. The van der Waals surface area contributed by atoms with E-state index >= 15 is 0 Å². The highest BCUT2D eigenvalue weighted by Crippen LogP contribution is 2.34. The van der Waals surface area contributed by atoms with Gasteiger partial charge >= 0.3 is 0 Å². The lowest BCUT2D eigenvalue weighted by molar-refractivity contribution is -0.134. The Kier molecular flexibility index (Phi) is 5.56. The second kappa shape index (κ2) is 8.17. The first-order chi connectivity index (χ1) is 14.7. The Morgan fingerprint density at radius 1 is 1.06 bits per heavy atom. The van der Waals surface area contributed by atoms with E-state index in [2.05, 4.69) is 49.7 Å². The van der Waals surface area contributed by atoms with Gasteiger partial charge in [0.2, 0.25) is 5.91 Å². The number of hydrogen-bond donors (Lipinski definition) is 1. The van der Waals surface area contributed by atoms with Gasteiger partial charge in [-0.15, -0.1) is 0 Å². The summed E-state index contributed by atoms with van der Waals surface area (Å²) in [6.07, 6.45) is 0.507. The van der Waals surface area contributed by atoms with Crippen molar-refractivity contribution >= 4 is 17.4 Å². The van der Waals surface area contributed by atoms with Crippen molar-refractivity contribution < 1.29 is 9.18 Å². The summed E-state index contributed by atoms with van der Waals surface area (Å²) < 4.78 is 15.6. The van der Waals surface area contributed by atoms with Gasteiger partial charge in [0.05, 0.1) is 6.54 Å². The maximum atomic E-state index is 13.5. The summed E-state index contributed by atoms with van der Waals surface area (Å²) in [4.78, 5) is 19.5. The molecule has 3 aromatic rings. The molecule has 0 saturated heterocycles. The summed E-state index contributed by atoms with van der Waals surface area (Å²) in [5.41, 5.74) is 3.70. The fourth-order valence-corrected chi connectivity index (χ4v) is 3.82. The predicted octanol–water partition coefficient (Wildman–Crippen LogP) is 5.52. The van der Waals surface area contributed by atoms with Crippen molar-refractivity contribution in [1.29, 1.82) is 0 Å². The Balaban J connectivity index is 1.69. The van der Waals surface area contributed by atoms with E-state index in [1.165, 1.54) is 17.7 Å². The highest BCUT2D eigenvalue weighted by atomic mass is 19.1. The number of hydrogen-bond acceptors (Lipinski definition) is 3. The van der Waals surface area contributed by atoms with Crippen LogP contribution in [-0.4, -0.2) is 26.9 Å². The lowest BCUT2D eigenvalue weighted by Crippen LogP contribution is -2.40. The van der Waals surface area contributed by atoms with E-state index in [-0.39, 0.29) is 17.1 Å². The lowest BCUT2D eigenvalue weighted by atomic mass is 9.91. The molecule has 162 valence electrons. The number of aryl methyl sites for hydroxylation is 1. The number of rotatable bonds is 4. The van der Waals surface area contributed by atoms with Crippen LogP contribution in [0.1, 0.15) is 38.6 Å². The topological polar surface area (TPSA) is 50.2 Å². The molecular weight excluding hydrogens is 391 g/mol. The van der Waals surface area contributed by atoms with E-state index in [0.717, 1.165) is 28.6 Å². The Bertz CT molecular complexity index is 1080. The summed E-state index contributed by atoms with van der Waals surface area (Å²) in [6.45, 7) is 10.1. The summed E-state index contributed by atoms with van der Waals surface area (Å²) in [5, 5.41) is 3.51. The summed E-state index contributed by atoms with van der Waals surface area (Å²) in [7, 11) is 0. The second-order valence-electron chi connectivity index (χ2n) is 9.43. The van der Waals surface area contributed by atoms with Crippen molar-refractivity contribution in [2.75, 3.05) is 11.9 Å². The van der Waals surface area contributed by atoms with E-state index < -0.39 is 0 Å². The molecule has 31 heavy (non-hydrogen) atoms. The van der Waals surface area contributed by atoms with Gasteiger partial charge in [0.25, 0.3) is 0 Å². The van der Waals surface area contributed by atoms with Crippen LogP contribution in [0.25, 0.3) is 11.3 Å². The van der Waals surface area contributed by atoms with Gasteiger partial charge in [-0.05, 0) is 48.7 Å². The van der Waals surface area contributed by atoms with Crippen molar-refractivity contribution in [2.45, 2.75) is 47.2 Å². The normalized spacial score (nSPS) is 13.8. The molecule has 0 bridgehead atoms. The van der Waals surface area contributed by atoms with Crippen LogP contribution in [0.5, 0.6) is 0 Å². The fraction of sp³-hybridized carbons (Fsp3) is 0.360. The molecular formula is C25H29FN4O. The summed E-state index contributed by atoms with van der Waals surface area (Å²) in [6, 6.07) is 14.6. The molecule has 1 aromatic heterocycles. The number of fused-ring (bicyclic) bond motifs is 1. The maximum Gasteiger partial charge on any atom is 0.223 e. The molecule has 1 N–H and O–H groups in total. The molecule has 0 radical (unpaired) electrons. The maximum absolute atomic E-state index is 13.5. The Labute approximate surface area is 182 Å². The number of carbonyl (C=O) groups excluding carboxylic acids is 1. The van der Waals surface area contributed by atoms with Crippen LogP contribution >= 0.6 is 0 Å². The SMILES string of the molecule is Cc1ccc(Nc2c(-c3ccc(F)cc3)nc3n2CCN(C(=O)CC(C)(C)C)C3)cc1. The van der Waals surface area contributed by atoms with Gasteiger partial charge in [0, 0.05) is 30.8 Å². The van der Waals surface area contributed by atoms with Gasteiger partial charge in [0.1, 0.15) is 23.2 Å². The molecule has 0 fully saturated rings. The van der Waals surface area contributed by atoms with E-state index in [0.29, 0.717) is 26.1 Å². The molecule has 0 saturated carbocycles. The van der Waals surface area contributed by atoms with Gasteiger partial charge in [-0.2, -0.15) is 0 Å². The van der Waals surface area contributed by atoms with Crippen LogP contribution < -0.4 is 5.32 Å². The van der Waals surface area contributed by atoms with Crippen molar-refractivity contribution in [3.63, 3.8) is 0 Å². The molecule has 0 spiro atoms. The van der Waals surface area contributed by atoms with Crippen LogP contribution in [0, 0.1) is 18.2 Å². The zero-order valence-corrected chi connectivity index (χ0v) is 18.6. The minimum Gasteiger partial charge on any atom is -0.340 e. The first kappa shape index (κ1) is 21.1. The second-order valence-corrected chi connectivity index (χ2v) is 9.43. The van der Waals surface area contributed by atoms with Crippen molar-refractivity contribution in [3.05, 3.63) is 65.7 Å². The van der Waals surface area contributed by atoms with E-state index in [4.69, 9.17) is 4.98 Å². The molecule has 0 aliphatic carbocycles. The predicted molar refractivity (Wildman–Crippen MR) is 122 cm³/mol. The van der Waals surface area contributed by atoms with Crippen molar-refractivity contribution in [1.82, 2.24) is 14.5 Å². The monoisotopic (exact) mass is 420 g/mol. The van der Waals surface area contributed by atoms with Gasteiger partial charge in [-0.25, -0.2) is 9.37 Å². The number of anilines is 2. The average molecular weight is 421 g/mol. The third-order valence-electron chi connectivity index (χ3n) is 5.44. The standard InChI is InChI=1S/C25H29FN4O/c1-17-5-11-20(12-6-17)27-24-23(18-7-9-19(26)10-8-18)28-21-16-29(13-14-30(21)24)22(31)15-25(2,3)4/h5-12,27H,13-16H2,1-4H3. The third-order valence-corrected chi connectivity index (χ3v) is 5.44. The molecule has 6 heteroatoms. The number of amides is 1. The number of nitrogens with zero attached hydrogens (tertiary/aromatic N) is 3. The molecule has 2 aromatic carbocycles. The van der Waals surface area contributed by atoms with Gasteiger partial charge < -0.3 is 14.8 Å². The Morgan fingerprint density at radius 3 is 2.39 bits per heavy atom. The largest absolute Gasteiger partial charge is 0.340 e. The molecule has 0 atom stereocenters. The molecule has 4 rings (SSSR count). The first-order valence-corrected chi connectivity index (χ1v) is 10.7. The number of imidazole rings is 1. The average Bonchev–Trinajstić information content (AvgIpc) is 3.06. The quantitative estimate of drug-likeness (QED) is 0.605. The number of carbonyl (C=O) groups is 1. The van der Waals surface area contributed by atoms with E-state index in [9.17, 15) is 9.18 Å². The number of benzene rings is 2. The lowest BCUT2D eigenvalue weighted by Gasteiger charge is -2.31. The van der Waals surface area contributed by atoms with Crippen LogP contribution in [0.15, 0.2) is 48.5 Å². The van der Waals surface area contributed by atoms with Crippen LogP contribution in [0.2, 0.25) is 0 Å². The minimum atomic E-state index is -0.278.